The van der Waals surface area contributed by atoms with E-state index in [0.29, 0.717) is 40.4 Å². The molecule has 0 spiro atoms. The smallest absolute Gasteiger partial charge is 0.252 e. The Morgan fingerprint density at radius 3 is 2.36 bits per heavy atom. The number of anilines is 1. The Morgan fingerprint density at radius 1 is 1.05 bits per heavy atom. The van der Waals surface area contributed by atoms with E-state index in [2.05, 4.69) is 4.72 Å². The lowest BCUT2D eigenvalue weighted by Gasteiger charge is -2.49. The fraction of sp³-hybridized carbons (Fsp3) is 0.406. The van der Waals surface area contributed by atoms with Gasteiger partial charge in [-0.1, -0.05) is 66.5 Å². The van der Waals surface area contributed by atoms with Crippen LogP contribution < -0.4 is 4.72 Å². The molecule has 1 saturated carbocycles. The summed E-state index contributed by atoms with van der Waals surface area (Å²) in [7, 11) is -4.05. The number of sulfonamides is 1. The van der Waals surface area contributed by atoms with Crippen molar-refractivity contribution in [3.63, 3.8) is 0 Å². The number of hydrogen-bond donors (Lipinski definition) is 3. The van der Waals surface area contributed by atoms with Crippen LogP contribution in [0.2, 0.25) is 10.0 Å². The van der Waals surface area contributed by atoms with Crippen LogP contribution in [0.15, 0.2) is 72.8 Å². The second kappa shape index (κ2) is 13.3. The van der Waals surface area contributed by atoms with Crippen LogP contribution in [-0.4, -0.2) is 59.0 Å². The molecule has 3 aromatic rings. The summed E-state index contributed by atoms with van der Waals surface area (Å²) < 4.78 is 49.5. The van der Waals surface area contributed by atoms with E-state index in [1.54, 1.807) is 53.4 Å². The summed E-state index contributed by atoms with van der Waals surface area (Å²) in [6.07, 6.45) is -2.04. The van der Waals surface area contributed by atoms with Gasteiger partial charge < -0.3 is 19.8 Å². The second-order valence-electron chi connectivity index (χ2n) is 11.4. The molecule has 44 heavy (non-hydrogen) atoms. The average Bonchev–Trinajstić information content (AvgIpc) is 3.80. The maximum Gasteiger partial charge on any atom is 0.252 e. The van der Waals surface area contributed by atoms with E-state index in [1.807, 2.05) is 13.0 Å². The number of amides is 1. The Labute approximate surface area is 266 Å². The Bertz CT molecular complexity index is 1590. The van der Waals surface area contributed by atoms with Crippen molar-refractivity contribution < 1.29 is 32.6 Å². The van der Waals surface area contributed by atoms with Crippen LogP contribution in [-0.2, 0) is 19.6 Å². The summed E-state index contributed by atoms with van der Waals surface area (Å²) >= 11 is 12.6. The van der Waals surface area contributed by atoms with Gasteiger partial charge in [-0.05, 0) is 73.2 Å². The van der Waals surface area contributed by atoms with Gasteiger partial charge in [0.25, 0.3) is 5.91 Å². The molecule has 3 N–H and O–H groups in total. The number of hydrogen-bond acceptors (Lipinski definition) is 6. The first-order valence-electron chi connectivity index (χ1n) is 14.5. The minimum atomic E-state index is -4.05. The van der Waals surface area contributed by atoms with Crippen molar-refractivity contribution in [1.82, 2.24) is 4.90 Å². The van der Waals surface area contributed by atoms with Crippen LogP contribution in [0.25, 0.3) is 0 Å². The van der Waals surface area contributed by atoms with Crippen molar-refractivity contribution in [1.29, 1.82) is 0 Å². The highest BCUT2D eigenvalue weighted by molar-refractivity contribution is 7.94. The van der Waals surface area contributed by atoms with Crippen LogP contribution in [0, 0.1) is 5.82 Å². The van der Waals surface area contributed by atoms with E-state index in [0.717, 1.165) is 0 Å². The average molecular weight is 666 g/mol. The number of nitrogens with zero attached hydrogens (tertiary/aromatic N) is 1. The molecule has 236 valence electrons. The largest absolute Gasteiger partial charge is 0.394 e. The topological polar surface area (TPSA) is 116 Å². The van der Waals surface area contributed by atoms with Crippen molar-refractivity contribution in [3.8, 4) is 0 Å². The molecule has 5 rings (SSSR count). The molecule has 1 amide bonds. The lowest BCUT2D eigenvalue weighted by atomic mass is 9.88. The number of morpholine rings is 1. The van der Waals surface area contributed by atoms with Crippen LogP contribution in [0.3, 0.4) is 0 Å². The van der Waals surface area contributed by atoms with Crippen LogP contribution >= 0.6 is 23.2 Å². The van der Waals surface area contributed by atoms with Gasteiger partial charge in [0, 0.05) is 22.5 Å². The van der Waals surface area contributed by atoms with E-state index in [-0.39, 0.29) is 18.5 Å². The van der Waals surface area contributed by atoms with Gasteiger partial charge in [0.1, 0.15) is 18.0 Å². The molecule has 2 fully saturated rings. The summed E-state index contributed by atoms with van der Waals surface area (Å²) in [5.41, 5.74) is 1.26. The Morgan fingerprint density at radius 2 is 1.75 bits per heavy atom. The molecule has 0 bridgehead atoms. The van der Waals surface area contributed by atoms with E-state index < -0.39 is 63.5 Å². The summed E-state index contributed by atoms with van der Waals surface area (Å²) in [4.78, 5) is 16.0. The number of aliphatic hydroxyl groups excluding tert-OH is 2. The van der Waals surface area contributed by atoms with Crippen molar-refractivity contribution in [2.45, 2.75) is 74.2 Å². The predicted molar refractivity (Wildman–Crippen MR) is 167 cm³/mol. The summed E-state index contributed by atoms with van der Waals surface area (Å²) in [5.74, 6) is -1.11. The maximum absolute atomic E-state index is 14.4. The third-order valence-electron chi connectivity index (χ3n) is 8.48. The van der Waals surface area contributed by atoms with Gasteiger partial charge in [-0.25, -0.2) is 12.8 Å². The van der Waals surface area contributed by atoms with E-state index >= 15 is 0 Å². The van der Waals surface area contributed by atoms with Gasteiger partial charge in [-0.2, -0.15) is 0 Å². The first-order chi connectivity index (χ1) is 21.0. The third kappa shape index (κ3) is 6.76. The van der Waals surface area contributed by atoms with Crippen molar-refractivity contribution in [3.05, 3.63) is 99.8 Å². The predicted octanol–water partition coefficient (Wildman–Crippen LogP) is 6.03. The number of carbonyl (C=O) groups excluding carboxylic acids is 1. The molecular weight excluding hydrogens is 630 g/mol. The zero-order valence-electron chi connectivity index (χ0n) is 24.1. The SMILES string of the molecule is CC[C@@H](CC1(S(=O)(=O)Nc2ccccc2F)CC1)N1C(=O)[C@H](C[C@@H](O)CO)O[C@H](c2cccc(Cl)c2)[C@H]1c1ccc(Cl)cc1. The fourth-order valence-corrected chi connectivity index (χ4v) is 8.02. The summed E-state index contributed by atoms with van der Waals surface area (Å²) in [6.45, 7) is 1.32. The van der Waals surface area contributed by atoms with Gasteiger partial charge >= 0.3 is 0 Å². The standard InChI is InChI=1S/C32H35Cl2FN2O6S/c1-2-24(18-32(14-15-32)44(41,42)36-27-9-4-3-8-26(27)35)37-29(20-10-12-22(33)13-11-20)30(21-6-5-7-23(34)16-21)43-28(31(37)40)17-25(39)19-38/h3-13,16,24-25,28-30,36,38-39H,2,14-15,17-19H2,1H3/t24-,25+,28-,29+,30+/m0/s1. The number of benzene rings is 3. The lowest BCUT2D eigenvalue weighted by Crippen LogP contribution is -2.56. The first-order valence-corrected chi connectivity index (χ1v) is 16.8. The van der Waals surface area contributed by atoms with Crippen LogP contribution in [0.4, 0.5) is 10.1 Å². The summed E-state index contributed by atoms with van der Waals surface area (Å²) in [6, 6.07) is 18.4. The van der Waals surface area contributed by atoms with Crippen molar-refractivity contribution >= 4 is 44.8 Å². The molecule has 0 unspecified atom stereocenters. The number of para-hydroxylation sites is 1. The monoisotopic (exact) mass is 664 g/mol. The molecule has 3 aromatic carbocycles. The normalized spacial score (nSPS) is 22.8. The number of nitrogens with one attached hydrogen (secondary N) is 1. The molecule has 12 heteroatoms. The molecule has 0 aromatic heterocycles. The van der Waals surface area contributed by atoms with E-state index in [1.165, 1.54) is 18.2 Å². The molecule has 2 aliphatic rings. The second-order valence-corrected chi connectivity index (χ2v) is 14.4. The Hall–Kier alpha value is -2.73. The Kier molecular flexibility index (Phi) is 9.89. The third-order valence-corrected chi connectivity index (χ3v) is 11.2. The molecule has 0 radical (unpaired) electrons. The fourth-order valence-electron chi connectivity index (χ4n) is 5.97. The first kappa shape index (κ1) is 32.7. The Balaban J connectivity index is 1.57. The maximum atomic E-state index is 14.4. The van der Waals surface area contributed by atoms with Gasteiger partial charge in [0.05, 0.1) is 29.2 Å². The van der Waals surface area contributed by atoms with Gasteiger partial charge in [-0.3, -0.25) is 9.52 Å². The molecular formula is C32H35Cl2FN2O6S. The van der Waals surface area contributed by atoms with Gasteiger partial charge in [0.2, 0.25) is 10.0 Å². The number of rotatable bonds is 12. The number of ether oxygens (including phenoxy) is 1. The van der Waals surface area contributed by atoms with Gasteiger partial charge in [-0.15, -0.1) is 0 Å². The highest BCUT2D eigenvalue weighted by atomic mass is 35.5. The van der Waals surface area contributed by atoms with Crippen molar-refractivity contribution in [2.75, 3.05) is 11.3 Å². The molecule has 5 atom stereocenters. The van der Waals surface area contributed by atoms with Crippen LogP contribution in [0.5, 0.6) is 0 Å². The molecule has 1 aliphatic heterocycles. The molecule has 8 nitrogen and oxygen atoms in total. The number of aliphatic hydroxyl groups is 2. The van der Waals surface area contributed by atoms with E-state index in [9.17, 15) is 27.8 Å². The number of halogens is 3. The van der Waals surface area contributed by atoms with Gasteiger partial charge in [0.15, 0.2) is 0 Å². The summed E-state index contributed by atoms with van der Waals surface area (Å²) in [5, 5.41) is 20.9. The molecule has 1 heterocycles. The van der Waals surface area contributed by atoms with Crippen molar-refractivity contribution in [2.24, 2.45) is 0 Å². The zero-order chi connectivity index (χ0) is 31.6. The highest BCUT2D eigenvalue weighted by Crippen LogP contribution is 2.52. The lowest BCUT2D eigenvalue weighted by molar-refractivity contribution is -0.184. The minimum absolute atomic E-state index is 0.0979. The highest BCUT2D eigenvalue weighted by Gasteiger charge is 2.58. The van der Waals surface area contributed by atoms with E-state index in [4.69, 9.17) is 27.9 Å². The zero-order valence-corrected chi connectivity index (χ0v) is 26.4. The minimum Gasteiger partial charge on any atom is -0.394 e. The van der Waals surface area contributed by atoms with Crippen LogP contribution in [0.1, 0.15) is 62.3 Å². The molecule has 1 saturated heterocycles. The molecule has 1 aliphatic carbocycles. The number of carbonyl (C=O) groups is 1. The quantitative estimate of drug-likeness (QED) is 0.218.